The Kier molecular flexibility index (Phi) is 3.33. The first-order valence-electron chi connectivity index (χ1n) is 6.93. The number of anilines is 1. The number of rotatable bonds is 2. The SMILES string of the molecule is COC(=O)c1c(C)[nH]c(C)c1/C=C1/C(=O)Nc2ccccc21. The van der Waals surface area contributed by atoms with Crippen molar-refractivity contribution in [1.29, 1.82) is 0 Å². The number of esters is 1. The number of carbonyl (C=O) groups excluding carboxylic acids is 2. The third kappa shape index (κ3) is 2.11. The number of nitrogens with one attached hydrogen (secondary N) is 2. The van der Waals surface area contributed by atoms with Crippen molar-refractivity contribution in [2.45, 2.75) is 13.8 Å². The van der Waals surface area contributed by atoms with Gasteiger partial charge in [0.15, 0.2) is 0 Å². The van der Waals surface area contributed by atoms with E-state index in [4.69, 9.17) is 4.74 Å². The minimum Gasteiger partial charge on any atom is -0.465 e. The number of ether oxygens (including phenoxy) is 1. The molecular weight excluding hydrogens is 280 g/mol. The number of methoxy groups -OCH3 is 1. The molecule has 0 spiro atoms. The maximum atomic E-state index is 12.2. The second-order valence-electron chi connectivity index (χ2n) is 5.21. The van der Waals surface area contributed by atoms with Gasteiger partial charge < -0.3 is 15.0 Å². The van der Waals surface area contributed by atoms with Crippen LogP contribution in [0, 0.1) is 13.8 Å². The van der Waals surface area contributed by atoms with Crippen LogP contribution in [0.4, 0.5) is 5.69 Å². The lowest BCUT2D eigenvalue weighted by atomic mass is 10.0. The number of aromatic nitrogens is 1. The summed E-state index contributed by atoms with van der Waals surface area (Å²) in [6.07, 6.45) is 1.74. The van der Waals surface area contributed by atoms with E-state index in [1.54, 1.807) is 6.08 Å². The summed E-state index contributed by atoms with van der Waals surface area (Å²) in [5.41, 5.74) is 4.86. The van der Waals surface area contributed by atoms with Gasteiger partial charge in [-0.15, -0.1) is 0 Å². The van der Waals surface area contributed by atoms with Gasteiger partial charge >= 0.3 is 5.97 Å². The molecule has 1 aliphatic rings. The third-order valence-electron chi connectivity index (χ3n) is 3.81. The third-order valence-corrected chi connectivity index (χ3v) is 3.81. The van der Waals surface area contributed by atoms with E-state index in [0.717, 1.165) is 22.6 Å². The van der Waals surface area contributed by atoms with Crippen molar-refractivity contribution in [2.75, 3.05) is 12.4 Å². The highest BCUT2D eigenvalue weighted by atomic mass is 16.5. The van der Waals surface area contributed by atoms with Crippen LogP contribution in [0.3, 0.4) is 0 Å². The summed E-state index contributed by atoms with van der Waals surface area (Å²) in [4.78, 5) is 27.3. The number of fused-ring (bicyclic) bond motifs is 1. The number of aromatic amines is 1. The molecule has 0 aliphatic carbocycles. The Labute approximate surface area is 128 Å². The van der Waals surface area contributed by atoms with Crippen LogP contribution in [0.2, 0.25) is 0 Å². The number of para-hydroxylation sites is 1. The number of aryl methyl sites for hydroxylation is 2. The predicted molar refractivity (Wildman–Crippen MR) is 84.5 cm³/mol. The number of carbonyl (C=O) groups is 2. The van der Waals surface area contributed by atoms with Crippen molar-refractivity contribution in [1.82, 2.24) is 4.98 Å². The lowest BCUT2D eigenvalue weighted by Gasteiger charge is -2.02. The van der Waals surface area contributed by atoms with Crippen LogP contribution >= 0.6 is 0 Å². The van der Waals surface area contributed by atoms with Crippen LogP contribution < -0.4 is 5.32 Å². The van der Waals surface area contributed by atoms with Gasteiger partial charge in [0.2, 0.25) is 0 Å². The highest BCUT2D eigenvalue weighted by molar-refractivity contribution is 6.35. The molecule has 22 heavy (non-hydrogen) atoms. The van der Waals surface area contributed by atoms with Gasteiger partial charge in [-0.1, -0.05) is 18.2 Å². The van der Waals surface area contributed by atoms with Crippen molar-refractivity contribution in [3.05, 3.63) is 52.3 Å². The van der Waals surface area contributed by atoms with Gasteiger partial charge in [0.1, 0.15) is 0 Å². The summed E-state index contributed by atoms with van der Waals surface area (Å²) in [6.45, 7) is 3.68. The van der Waals surface area contributed by atoms with Gasteiger partial charge in [-0.2, -0.15) is 0 Å². The van der Waals surface area contributed by atoms with Gasteiger partial charge in [-0.25, -0.2) is 4.79 Å². The first-order valence-corrected chi connectivity index (χ1v) is 6.93. The molecule has 5 heteroatoms. The Morgan fingerprint density at radius 3 is 2.64 bits per heavy atom. The largest absolute Gasteiger partial charge is 0.465 e. The summed E-state index contributed by atoms with van der Waals surface area (Å²) >= 11 is 0. The predicted octanol–water partition coefficient (Wildman–Crippen LogP) is 2.91. The van der Waals surface area contributed by atoms with E-state index in [1.165, 1.54) is 7.11 Å². The number of hydrogen-bond donors (Lipinski definition) is 2. The van der Waals surface area contributed by atoms with E-state index in [1.807, 2.05) is 38.1 Å². The highest BCUT2D eigenvalue weighted by Gasteiger charge is 2.26. The zero-order valence-electron chi connectivity index (χ0n) is 12.6. The normalized spacial score (nSPS) is 14.9. The molecule has 3 rings (SSSR count). The van der Waals surface area contributed by atoms with E-state index < -0.39 is 5.97 Å². The molecule has 0 radical (unpaired) electrons. The molecule has 2 N–H and O–H groups in total. The maximum absolute atomic E-state index is 12.2. The minimum atomic E-state index is -0.416. The molecule has 1 amide bonds. The number of H-pyrrole nitrogens is 1. The average molecular weight is 296 g/mol. The summed E-state index contributed by atoms with van der Waals surface area (Å²) in [5.74, 6) is -0.587. The van der Waals surface area contributed by atoms with Gasteiger partial charge in [0, 0.05) is 33.8 Å². The fourth-order valence-electron chi connectivity index (χ4n) is 2.77. The van der Waals surface area contributed by atoms with Crippen molar-refractivity contribution in [3.63, 3.8) is 0 Å². The summed E-state index contributed by atoms with van der Waals surface area (Å²) in [5, 5.41) is 2.82. The number of amides is 1. The van der Waals surface area contributed by atoms with Crippen molar-refractivity contribution >= 4 is 29.2 Å². The molecule has 0 saturated heterocycles. The van der Waals surface area contributed by atoms with Gasteiger partial charge in [0.25, 0.3) is 5.91 Å². The Bertz CT molecular complexity index is 815. The molecule has 0 bridgehead atoms. The molecular formula is C17H16N2O3. The van der Waals surface area contributed by atoms with Crippen LogP contribution in [-0.4, -0.2) is 24.0 Å². The van der Waals surface area contributed by atoms with E-state index in [2.05, 4.69) is 10.3 Å². The first kappa shape index (κ1) is 14.1. The van der Waals surface area contributed by atoms with E-state index in [-0.39, 0.29) is 5.91 Å². The van der Waals surface area contributed by atoms with E-state index in [9.17, 15) is 9.59 Å². The lowest BCUT2D eigenvalue weighted by Crippen LogP contribution is -2.06. The van der Waals surface area contributed by atoms with Crippen LogP contribution in [0.15, 0.2) is 24.3 Å². The molecule has 1 aromatic heterocycles. The van der Waals surface area contributed by atoms with Crippen LogP contribution in [-0.2, 0) is 9.53 Å². The topological polar surface area (TPSA) is 71.2 Å². The fraction of sp³-hybridized carbons (Fsp3) is 0.176. The summed E-state index contributed by atoms with van der Waals surface area (Å²) < 4.78 is 4.84. The second-order valence-corrected chi connectivity index (χ2v) is 5.21. The molecule has 112 valence electrons. The Balaban J connectivity index is 2.18. The minimum absolute atomic E-state index is 0.171. The Hall–Kier alpha value is -2.82. The monoisotopic (exact) mass is 296 g/mol. The fourth-order valence-corrected chi connectivity index (χ4v) is 2.77. The molecule has 0 unspecified atom stereocenters. The zero-order chi connectivity index (χ0) is 15.9. The quantitative estimate of drug-likeness (QED) is 0.661. The molecule has 0 fully saturated rings. The second kappa shape index (κ2) is 5.18. The van der Waals surface area contributed by atoms with Crippen molar-refractivity contribution < 1.29 is 14.3 Å². The van der Waals surface area contributed by atoms with E-state index >= 15 is 0 Å². The number of hydrogen-bond acceptors (Lipinski definition) is 3. The summed E-state index contributed by atoms with van der Waals surface area (Å²) in [6, 6.07) is 7.48. The first-order chi connectivity index (χ1) is 10.5. The Morgan fingerprint density at radius 2 is 1.91 bits per heavy atom. The van der Waals surface area contributed by atoms with Gasteiger partial charge in [-0.3, -0.25) is 4.79 Å². The van der Waals surface area contributed by atoms with Crippen LogP contribution in [0.5, 0.6) is 0 Å². The van der Waals surface area contributed by atoms with Gasteiger partial charge in [-0.05, 0) is 26.0 Å². The van der Waals surface area contributed by atoms with E-state index in [0.29, 0.717) is 16.7 Å². The molecule has 2 heterocycles. The smallest absolute Gasteiger partial charge is 0.340 e. The Morgan fingerprint density at radius 1 is 1.18 bits per heavy atom. The number of benzene rings is 1. The average Bonchev–Trinajstić information content (AvgIpc) is 2.96. The van der Waals surface area contributed by atoms with Gasteiger partial charge in [0.05, 0.1) is 12.7 Å². The molecule has 1 aliphatic heterocycles. The molecule has 0 atom stereocenters. The highest BCUT2D eigenvalue weighted by Crippen LogP contribution is 2.34. The van der Waals surface area contributed by atoms with Crippen LogP contribution in [0.25, 0.3) is 11.6 Å². The maximum Gasteiger partial charge on any atom is 0.340 e. The molecule has 5 nitrogen and oxygen atoms in total. The van der Waals surface area contributed by atoms with Crippen LogP contribution in [0.1, 0.15) is 32.9 Å². The lowest BCUT2D eigenvalue weighted by molar-refractivity contribution is -0.110. The van der Waals surface area contributed by atoms with Crippen molar-refractivity contribution in [2.24, 2.45) is 0 Å². The standard InChI is InChI=1S/C17H16N2O3/c1-9-12(15(10(2)18-9)17(21)22-3)8-13-11-6-4-5-7-14(11)19-16(13)20/h4-8,18H,1-3H3,(H,19,20)/b13-8+. The van der Waals surface area contributed by atoms with Crippen molar-refractivity contribution in [3.8, 4) is 0 Å². The zero-order valence-corrected chi connectivity index (χ0v) is 12.6. The molecule has 1 aromatic carbocycles. The molecule has 2 aromatic rings. The molecule has 0 saturated carbocycles. The summed E-state index contributed by atoms with van der Waals surface area (Å²) in [7, 11) is 1.35.